The summed E-state index contributed by atoms with van der Waals surface area (Å²) in [6.07, 6.45) is 4.86. The van der Waals surface area contributed by atoms with E-state index >= 15 is 0 Å². The number of fused-ring (bicyclic) bond motifs is 1. The standard InChI is InChI=1S/C18H23N3/c1-3-18(2)14-21(13-15-8-10-19-11-9-15)17-7-5-4-6-16(17)12-20-18/h4-11,20H,3,12-14H2,1-2H3. The van der Waals surface area contributed by atoms with Gasteiger partial charge >= 0.3 is 0 Å². The van der Waals surface area contributed by atoms with Gasteiger partial charge in [-0.3, -0.25) is 4.98 Å². The number of pyridine rings is 1. The predicted molar refractivity (Wildman–Crippen MR) is 87.3 cm³/mol. The van der Waals surface area contributed by atoms with Gasteiger partial charge in [0.25, 0.3) is 0 Å². The van der Waals surface area contributed by atoms with E-state index in [1.165, 1.54) is 16.8 Å². The van der Waals surface area contributed by atoms with Crippen LogP contribution in [0.4, 0.5) is 5.69 Å². The van der Waals surface area contributed by atoms with Crippen LogP contribution < -0.4 is 10.2 Å². The zero-order valence-electron chi connectivity index (χ0n) is 12.8. The largest absolute Gasteiger partial charge is 0.365 e. The van der Waals surface area contributed by atoms with Gasteiger partial charge in [0.2, 0.25) is 0 Å². The van der Waals surface area contributed by atoms with Crippen molar-refractivity contribution in [2.75, 3.05) is 11.4 Å². The van der Waals surface area contributed by atoms with Gasteiger partial charge in [0, 0.05) is 43.3 Å². The second kappa shape index (κ2) is 5.86. The quantitative estimate of drug-likeness (QED) is 0.935. The van der Waals surface area contributed by atoms with Crippen molar-refractivity contribution in [2.45, 2.75) is 38.9 Å². The molecule has 2 heterocycles. The van der Waals surface area contributed by atoms with E-state index in [1.54, 1.807) is 0 Å². The highest BCUT2D eigenvalue weighted by atomic mass is 15.2. The summed E-state index contributed by atoms with van der Waals surface area (Å²) in [6.45, 7) is 7.46. The molecule has 0 spiro atoms. The number of nitrogens with zero attached hydrogens (tertiary/aromatic N) is 2. The van der Waals surface area contributed by atoms with E-state index in [0.29, 0.717) is 0 Å². The van der Waals surface area contributed by atoms with Crippen molar-refractivity contribution in [1.29, 1.82) is 0 Å². The Kier molecular flexibility index (Phi) is 3.93. The lowest BCUT2D eigenvalue weighted by Gasteiger charge is -2.34. The van der Waals surface area contributed by atoms with Crippen LogP contribution in [0.2, 0.25) is 0 Å². The van der Waals surface area contributed by atoms with Crippen LogP contribution in [0.15, 0.2) is 48.8 Å². The molecule has 0 saturated carbocycles. The second-order valence-electron chi connectivity index (χ2n) is 6.11. The fourth-order valence-corrected chi connectivity index (χ4v) is 2.93. The molecular weight excluding hydrogens is 258 g/mol. The molecular formula is C18H23N3. The summed E-state index contributed by atoms with van der Waals surface area (Å²) in [4.78, 5) is 6.61. The monoisotopic (exact) mass is 281 g/mol. The lowest BCUT2D eigenvalue weighted by atomic mass is 9.98. The van der Waals surface area contributed by atoms with Gasteiger partial charge in [-0.1, -0.05) is 25.1 Å². The van der Waals surface area contributed by atoms with Gasteiger partial charge < -0.3 is 10.2 Å². The average Bonchev–Trinajstić information content (AvgIpc) is 2.67. The first-order valence-electron chi connectivity index (χ1n) is 7.67. The number of nitrogens with one attached hydrogen (secondary N) is 1. The molecule has 3 heteroatoms. The highest BCUT2D eigenvalue weighted by Gasteiger charge is 2.29. The summed E-state index contributed by atoms with van der Waals surface area (Å²) >= 11 is 0. The van der Waals surface area contributed by atoms with Crippen LogP contribution in [0.5, 0.6) is 0 Å². The van der Waals surface area contributed by atoms with Gasteiger partial charge in [0.15, 0.2) is 0 Å². The van der Waals surface area contributed by atoms with Gasteiger partial charge in [0.1, 0.15) is 0 Å². The van der Waals surface area contributed by atoms with Crippen LogP contribution in [0.3, 0.4) is 0 Å². The molecule has 1 aromatic carbocycles. The molecule has 1 atom stereocenters. The summed E-state index contributed by atoms with van der Waals surface area (Å²) in [5, 5.41) is 3.73. The number of aromatic nitrogens is 1. The number of hydrogen-bond donors (Lipinski definition) is 1. The molecule has 110 valence electrons. The fraction of sp³-hybridized carbons (Fsp3) is 0.389. The van der Waals surface area contributed by atoms with Crippen molar-refractivity contribution in [3.05, 3.63) is 59.9 Å². The van der Waals surface area contributed by atoms with Crippen molar-refractivity contribution in [3.63, 3.8) is 0 Å². The minimum absolute atomic E-state index is 0.145. The highest BCUT2D eigenvalue weighted by molar-refractivity contribution is 5.55. The lowest BCUT2D eigenvalue weighted by Crippen LogP contribution is -2.48. The molecule has 1 aliphatic rings. The van der Waals surface area contributed by atoms with Gasteiger partial charge in [-0.25, -0.2) is 0 Å². The third-order valence-corrected chi connectivity index (χ3v) is 4.48. The lowest BCUT2D eigenvalue weighted by molar-refractivity contribution is 0.349. The molecule has 0 bridgehead atoms. The van der Waals surface area contributed by atoms with Gasteiger partial charge in [-0.2, -0.15) is 0 Å². The first-order valence-corrected chi connectivity index (χ1v) is 7.67. The normalized spacial score (nSPS) is 21.7. The Balaban J connectivity index is 1.94. The van der Waals surface area contributed by atoms with Crippen molar-refractivity contribution in [3.8, 4) is 0 Å². The number of benzene rings is 1. The molecule has 2 aromatic rings. The third-order valence-electron chi connectivity index (χ3n) is 4.48. The summed E-state index contributed by atoms with van der Waals surface area (Å²) in [7, 11) is 0. The van der Waals surface area contributed by atoms with Crippen LogP contribution in [0, 0.1) is 0 Å². The summed E-state index contributed by atoms with van der Waals surface area (Å²) in [6, 6.07) is 12.9. The topological polar surface area (TPSA) is 28.2 Å². The summed E-state index contributed by atoms with van der Waals surface area (Å²) in [5.41, 5.74) is 4.18. The Morgan fingerprint density at radius 2 is 1.95 bits per heavy atom. The van der Waals surface area contributed by atoms with E-state index in [2.05, 4.69) is 65.4 Å². The van der Waals surface area contributed by atoms with Crippen LogP contribution in [-0.4, -0.2) is 17.1 Å². The number of hydrogen-bond acceptors (Lipinski definition) is 3. The maximum Gasteiger partial charge on any atom is 0.0431 e. The highest BCUT2D eigenvalue weighted by Crippen LogP contribution is 2.28. The SMILES string of the molecule is CCC1(C)CN(Cc2ccncc2)c2ccccc2CN1. The van der Waals surface area contributed by atoms with E-state index in [1.807, 2.05) is 12.4 Å². The smallest absolute Gasteiger partial charge is 0.0431 e. The van der Waals surface area contributed by atoms with Gasteiger partial charge in [0.05, 0.1) is 0 Å². The molecule has 3 nitrogen and oxygen atoms in total. The summed E-state index contributed by atoms with van der Waals surface area (Å²) in [5.74, 6) is 0. The second-order valence-corrected chi connectivity index (χ2v) is 6.11. The molecule has 21 heavy (non-hydrogen) atoms. The van der Waals surface area contributed by atoms with E-state index in [0.717, 1.165) is 26.1 Å². The van der Waals surface area contributed by atoms with E-state index in [4.69, 9.17) is 0 Å². The average molecular weight is 281 g/mol. The Morgan fingerprint density at radius 3 is 2.71 bits per heavy atom. The van der Waals surface area contributed by atoms with Crippen LogP contribution >= 0.6 is 0 Å². The molecule has 1 aliphatic heterocycles. The molecule has 0 amide bonds. The van der Waals surface area contributed by atoms with E-state index < -0.39 is 0 Å². The molecule has 0 saturated heterocycles. The Labute approximate surface area is 127 Å². The third kappa shape index (κ3) is 3.08. The molecule has 0 aliphatic carbocycles. The van der Waals surface area contributed by atoms with Crippen molar-refractivity contribution >= 4 is 5.69 Å². The minimum atomic E-state index is 0.145. The van der Waals surface area contributed by atoms with Crippen molar-refractivity contribution in [1.82, 2.24) is 10.3 Å². The summed E-state index contributed by atoms with van der Waals surface area (Å²) < 4.78 is 0. The number of rotatable bonds is 3. The molecule has 1 aromatic heterocycles. The Bertz CT molecular complexity index is 596. The predicted octanol–water partition coefficient (Wildman–Crippen LogP) is 3.36. The number of para-hydroxylation sites is 1. The van der Waals surface area contributed by atoms with E-state index in [9.17, 15) is 0 Å². The van der Waals surface area contributed by atoms with Crippen LogP contribution in [0.1, 0.15) is 31.4 Å². The van der Waals surface area contributed by atoms with Crippen LogP contribution in [0.25, 0.3) is 0 Å². The van der Waals surface area contributed by atoms with Crippen molar-refractivity contribution < 1.29 is 0 Å². The molecule has 3 rings (SSSR count). The first kappa shape index (κ1) is 14.1. The Morgan fingerprint density at radius 1 is 1.19 bits per heavy atom. The zero-order valence-corrected chi connectivity index (χ0v) is 12.8. The maximum absolute atomic E-state index is 4.12. The van der Waals surface area contributed by atoms with Crippen LogP contribution in [-0.2, 0) is 13.1 Å². The van der Waals surface area contributed by atoms with Gasteiger partial charge in [-0.15, -0.1) is 0 Å². The van der Waals surface area contributed by atoms with Gasteiger partial charge in [-0.05, 0) is 42.7 Å². The Hall–Kier alpha value is -1.87. The van der Waals surface area contributed by atoms with Crippen molar-refractivity contribution in [2.24, 2.45) is 0 Å². The molecule has 0 fully saturated rings. The zero-order chi connectivity index (χ0) is 14.7. The first-order chi connectivity index (χ1) is 10.2. The molecule has 0 radical (unpaired) electrons. The minimum Gasteiger partial charge on any atom is -0.365 e. The molecule has 1 N–H and O–H groups in total. The number of anilines is 1. The maximum atomic E-state index is 4.12. The van der Waals surface area contributed by atoms with E-state index in [-0.39, 0.29) is 5.54 Å². The fourth-order valence-electron chi connectivity index (χ4n) is 2.93. The molecule has 1 unspecified atom stereocenters.